The summed E-state index contributed by atoms with van der Waals surface area (Å²) in [5.74, 6) is -6.34. The van der Waals surface area contributed by atoms with Crippen LogP contribution in [0.5, 0.6) is 0 Å². The second-order valence-corrected chi connectivity index (χ2v) is 4.02. The maximum Gasteiger partial charge on any atom is 0.458 e. The first kappa shape index (κ1) is 14.5. The van der Waals surface area contributed by atoms with Crippen molar-refractivity contribution in [3.8, 4) is 0 Å². The Hall–Kier alpha value is 0.460. The van der Waals surface area contributed by atoms with Gasteiger partial charge >= 0.3 is 21.2 Å². The Bertz CT molecular complexity index is 190. The maximum absolute atomic E-state index is 12.4. The van der Waals surface area contributed by atoms with Crippen molar-refractivity contribution in [3.63, 3.8) is 0 Å². The highest BCUT2D eigenvalue weighted by molar-refractivity contribution is 14.1. The third-order valence-electron chi connectivity index (χ3n) is 1.11. The van der Waals surface area contributed by atoms with Gasteiger partial charge in [-0.25, -0.2) is 4.39 Å². The lowest BCUT2D eigenvalue weighted by molar-refractivity contribution is -0.327. The lowest BCUT2D eigenvalue weighted by atomic mass is 10.2. The van der Waals surface area contributed by atoms with Gasteiger partial charge in [-0.1, -0.05) is 11.6 Å². The van der Waals surface area contributed by atoms with Gasteiger partial charge in [0.25, 0.3) is 0 Å². The molecule has 0 amide bonds. The molecule has 0 aliphatic heterocycles. The first-order chi connectivity index (χ1) is 5.75. The van der Waals surface area contributed by atoms with E-state index in [9.17, 15) is 35.1 Å². The minimum Gasteiger partial charge on any atom is -0.211 e. The third kappa shape index (κ3) is 2.17. The number of hydrogen-bond acceptors (Lipinski definition) is 0. The molecule has 1 unspecified atom stereocenters. The molecule has 0 N–H and O–H groups in total. The summed E-state index contributed by atoms with van der Waals surface area (Å²) in [4.78, 5) is 0. The molecule has 0 saturated heterocycles. The highest BCUT2D eigenvalue weighted by atomic mass is 127. The fraction of sp³-hybridized carbons (Fsp3) is 1.00. The van der Waals surface area contributed by atoms with Gasteiger partial charge in [0.05, 0.1) is 0 Å². The average molecular weight is 362 g/mol. The second kappa shape index (κ2) is 3.49. The molecule has 0 aliphatic rings. The number of halogens is 10. The first-order valence-electron chi connectivity index (χ1n) is 2.64. The van der Waals surface area contributed by atoms with Crippen molar-refractivity contribution in [3.05, 3.63) is 0 Å². The van der Waals surface area contributed by atoms with Gasteiger partial charge in [0, 0.05) is 22.6 Å². The monoisotopic (exact) mass is 362 g/mol. The molecule has 86 valence electrons. The van der Waals surface area contributed by atoms with Crippen molar-refractivity contribution in [2.24, 2.45) is 0 Å². The van der Waals surface area contributed by atoms with Gasteiger partial charge in [-0.2, -0.15) is 30.7 Å². The quantitative estimate of drug-likeness (QED) is 0.394. The molecule has 0 radical (unpaired) electrons. The van der Waals surface area contributed by atoms with Crippen molar-refractivity contribution in [2.75, 3.05) is 0 Å². The number of rotatable bonds is 2. The fourth-order valence-electron chi connectivity index (χ4n) is 0.356. The van der Waals surface area contributed by atoms with Crippen LogP contribution in [0.4, 0.5) is 35.1 Å². The molecule has 0 fully saturated rings. The van der Waals surface area contributed by atoms with Gasteiger partial charge in [0.15, 0.2) is 0 Å². The highest BCUT2D eigenvalue weighted by Gasteiger charge is 2.79. The van der Waals surface area contributed by atoms with E-state index in [0.29, 0.717) is 0 Å². The number of hydrogen-bond donors (Lipinski definition) is 0. The smallest absolute Gasteiger partial charge is 0.211 e. The van der Waals surface area contributed by atoms with E-state index < -0.39 is 21.2 Å². The Morgan fingerprint density at radius 2 is 1.07 bits per heavy atom. The van der Waals surface area contributed by atoms with Crippen molar-refractivity contribution >= 4 is 34.2 Å². The minimum absolute atomic E-state index is 0.236. The largest absolute Gasteiger partial charge is 0.458 e. The zero-order valence-corrected chi connectivity index (χ0v) is 8.69. The van der Waals surface area contributed by atoms with Gasteiger partial charge in [-0.05, 0) is 0 Å². The molecule has 0 aromatic heterocycles. The molecule has 1 atom stereocenters. The summed E-state index contributed by atoms with van der Waals surface area (Å²) < 4.78 is 89.9. The van der Waals surface area contributed by atoms with Crippen molar-refractivity contribution in [1.82, 2.24) is 0 Å². The molecular weight excluding hydrogens is 362 g/mol. The summed E-state index contributed by atoms with van der Waals surface area (Å²) in [6.45, 7) is 0. The van der Waals surface area contributed by atoms with E-state index in [2.05, 4.69) is 11.6 Å². The third-order valence-corrected chi connectivity index (χ3v) is 2.64. The standard InChI is InChI=1S/C4ClF8I/c5-1(6,4(12,13)14)2(7,8)3(9,10)11. The van der Waals surface area contributed by atoms with Crippen molar-refractivity contribution < 1.29 is 35.1 Å². The molecule has 0 heterocycles. The maximum atomic E-state index is 12.4. The Morgan fingerprint density at radius 1 is 0.786 bits per heavy atom. The van der Waals surface area contributed by atoms with Gasteiger partial charge in [-0.15, -0.1) is 0 Å². The molecule has 10 heteroatoms. The molecule has 0 spiro atoms. The summed E-state index contributed by atoms with van der Waals surface area (Å²) in [5, 5.41) is -5.52. The van der Waals surface area contributed by atoms with Crippen molar-refractivity contribution in [1.29, 1.82) is 0 Å². The molecule has 0 nitrogen and oxygen atoms in total. The van der Waals surface area contributed by atoms with E-state index in [0.717, 1.165) is 0 Å². The number of alkyl halides is 10. The predicted molar refractivity (Wildman–Crippen MR) is 39.7 cm³/mol. The van der Waals surface area contributed by atoms with E-state index in [1.807, 2.05) is 0 Å². The van der Waals surface area contributed by atoms with Crippen LogP contribution in [0.15, 0.2) is 0 Å². The van der Waals surface area contributed by atoms with E-state index >= 15 is 0 Å². The molecule has 14 heavy (non-hydrogen) atoms. The van der Waals surface area contributed by atoms with Crippen LogP contribution in [0.2, 0.25) is 0 Å². The zero-order chi connectivity index (χ0) is 12.0. The van der Waals surface area contributed by atoms with E-state index in [1.54, 1.807) is 0 Å². The molecule has 0 bridgehead atoms. The normalized spacial score (nSPS) is 19.3. The second-order valence-electron chi connectivity index (χ2n) is 2.14. The van der Waals surface area contributed by atoms with Crippen LogP contribution in [0.25, 0.3) is 0 Å². The summed E-state index contributed by atoms with van der Waals surface area (Å²) >= 11 is 3.66. The topological polar surface area (TPSA) is 0 Å². The summed E-state index contributed by atoms with van der Waals surface area (Å²) in [6.07, 6.45) is -6.49. The highest BCUT2D eigenvalue weighted by Crippen LogP contribution is 2.56. The predicted octanol–water partition coefficient (Wildman–Crippen LogP) is 4.12. The van der Waals surface area contributed by atoms with Gasteiger partial charge in [0.2, 0.25) is 0 Å². The Balaban J connectivity index is 5.30. The summed E-state index contributed by atoms with van der Waals surface area (Å²) in [6, 6.07) is 0. The molecule has 0 saturated carbocycles. The molecule has 0 aliphatic carbocycles. The first-order valence-corrected chi connectivity index (χ1v) is 4.10. The summed E-state index contributed by atoms with van der Waals surface area (Å²) in [5.41, 5.74) is 0. The fourth-order valence-corrected chi connectivity index (χ4v) is 0.802. The van der Waals surface area contributed by atoms with Gasteiger partial charge < -0.3 is 0 Å². The van der Waals surface area contributed by atoms with Crippen LogP contribution < -0.4 is 0 Å². The lowest BCUT2D eigenvalue weighted by Crippen LogP contribution is -2.58. The van der Waals surface area contributed by atoms with Crippen molar-refractivity contribution in [2.45, 2.75) is 21.2 Å². The van der Waals surface area contributed by atoms with E-state index in [-0.39, 0.29) is 22.6 Å². The zero-order valence-electron chi connectivity index (χ0n) is 5.78. The van der Waals surface area contributed by atoms with E-state index in [4.69, 9.17) is 0 Å². The van der Waals surface area contributed by atoms with Gasteiger partial charge in [0.1, 0.15) is 0 Å². The van der Waals surface area contributed by atoms with Crippen LogP contribution in [0.3, 0.4) is 0 Å². The van der Waals surface area contributed by atoms with Crippen LogP contribution in [-0.2, 0) is 0 Å². The molecule has 0 aromatic carbocycles. The summed E-state index contributed by atoms with van der Waals surface area (Å²) in [7, 11) is 0. The molecule has 0 rings (SSSR count). The Kier molecular flexibility index (Phi) is 3.61. The van der Waals surface area contributed by atoms with Gasteiger partial charge in [-0.3, -0.25) is 0 Å². The SMILES string of the molecule is FC(F)(F)C(F)(F)C(F)(Cl)C(F)(F)I. The van der Waals surface area contributed by atoms with Crippen LogP contribution in [0, 0.1) is 0 Å². The molecular formula is C4ClF8I. The average Bonchev–Trinajstić information content (AvgIpc) is 1.81. The molecule has 0 aromatic rings. The Labute approximate surface area is 90.7 Å². The lowest BCUT2D eigenvalue weighted by Gasteiger charge is -2.32. The van der Waals surface area contributed by atoms with Crippen LogP contribution in [-0.4, -0.2) is 21.2 Å². The van der Waals surface area contributed by atoms with Crippen LogP contribution in [0.1, 0.15) is 0 Å². The Morgan fingerprint density at radius 3 is 1.14 bits per heavy atom. The minimum atomic E-state index is -6.49. The van der Waals surface area contributed by atoms with E-state index in [1.165, 1.54) is 0 Å². The van der Waals surface area contributed by atoms with Crippen LogP contribution >= 0.6 is 34.2 Å².